The van der Waals surface area contributed by atoms with E-state index >= 15 is 0 Å². The Labute approximate surface area is 142 Å². The Hall–Kier alpha value is -1.10. The Morgan fingerprint density at radius 2 is 2.13 bits per heavy atom. The molecule has 1 aliphatic heterocycles. The van der Waals surface area contributed by atoms with Gasteiger partial charge in [0.15, 0.2) is 0 Å². The lowest BCUT2D eigenvalue weighted by Gasteiger charge is -2.22. The summed E-state index contributed by atoms with van der Waals surface area (Å²) in [6.45, 7) is 6.31. The average Bonchev–Trinajstić information content (AvgIpc) is 3.09. The van der Waals surface area contributed by atoms with Crippen LogP contribution >= 0.6 is 11.6 Å². The summed E-state index contributed by atoms with van der Waals surface area (Å²) in [6.07, 6.45) is 4.19. The number of likely N-dealkylation sites (tertiary alicyclic amines) is 1. The van der Waals surface area contributed by atoms with Gasteiger partial charge in [0.1, 0.15) is 11.0 Å². The number of fused-ring (bicyclic) bond motifs is 1. The van der Waals surface area contributed by atoms with Crippen molar-refractivity contribution in [3.8, 4) is 0 Å². The van der Waals surface area contributed by atoms with Gasteiger partial charge in [-0.2, -0.15) is 0 Å². The lowest BCUT2D eigenvalue weighted by Crippen LogP contribution is -2.33. The fraction of sp³-hybridized carbons (Fsp3) is 0.556. The highest BCUT2D eigenvalue weighted by Gasteiger charge is 2.23. The number of nitrogens with zero attached hydrogens (tertiary/aromatic N) is 1. The van der Waals surface area contributed by atoms with Gasteiger partial charge in [0.25, 0.3) is 0 Å². The summed E-state index contributed by atoms with van der Waals surface area (Å²) >= 11 is 6.23. The van der Waals surface area contributed by atoms with Gasteiger partial charge in [0.2, 0.25) is 0 Å². The molecule has 3 nitrogen and oxygen atoms in total. The number of benzene rings is 1. The Morgan fingerprint density at radius 1 is 1.39 bits per heavy atom. The molecule has 0 aliphatic carbocycles. The van der Waals surface area contributed by atoms with Crippen LogP contribution in [0.4, 0.5) is 4.39 Å². The number of halogens is 2. The summed E-state index contributed by atoms with van der Waals surface area (Å²) in [7, 11) is 0. The molecular formula is C18H26ClFN2O. The average molecular weight is 341 g/mol. The van der Waals surface area contributed by atoms with E-state index in [1.54, 1.807) is 6.07 Å². The van der Waals surface area contributed by atoms with Crippen LogP contribution in [0, 0.1) is 5.82 Å². The van der Waals surface area contributed by atoms with E-state index in [0.717, 1.165) is 48.8 Å². The van der Waals surface area contributed by atoms with Crippen molar-refractivity contribution in [2.24, 2.45) is 0 Å². The van der Waals surface area contributed by atoms with Gasteiger partial charge in [-0.15, -0.1) is 0 Å². The molecule has 1 fully saturated rings. The summed E-state index contributed by atoms with van der Waals surface area (Å²) in [5.74, 6) is -0.246. The monoisotopic (exact) mass is 340 g/mol. The predicted octanol–water partition coefficient (Wildman–Crippen LogP) is 4.38. The van der Waals surface area contributed by atoms with E-state index in [-0.39, 0.29) is 18.5 Å². The molecule has 1 aliphatic rings. The van der Waals surface area contributed by atoms with E-state index in [1.165, 1.54) is 18.6 Å². The van der Waals surface area contributed by atoms with Crippen molar-refractivity contribution >= 4 is 22.5 Å². The number of aromatic nitrogens is 1. The Morgan fingerprint density at radius 3 is 2.83 bits per heavy atom. The molecule has 2 heterocycles. The molecule has 0 spiro atoms. The second-order valence-electron chi connectivity index (χ2n) is 6.08. The third kappa shape index (κ3) is 4.46. The van der Waals surface area contributed by atoms with Gasteiger partial charge in [-0.1, -0.05) is 31.9 Å². The van der Waals surface area contributed by atoms with Gasteiger partial charge >= 0.3 is 0 Å². The highest BCUT2D eigenvalue weighted by atomic mass is 35.5. The van der Waals surface area contributed by atoms with Crippen LogP contribution in [0.3, 0.4) is 0 Å². The van der Waals surface area contributed by atoms with Crippen molar-refractivity contribution in [3.63, 3.8) is 0 Å². The maximum atomic E-state index is 13.4. The van der Waals surface area contributed by atoms with Crippen LogP contribution in [0.2, 0.25) is 5.15 Å². The molecule has 5 heteroatoms. The summed E-state index contributed by atoms with van der Waals surface area (Å²) in [4.78, 5) is 5.37. The number of hydrogen-bond donors (Lipinski definition) is 2. The Balaban J connectivity index is 0.000000595. The fourth-order valence-corrected chi connectivity index (χ4v) is 3.38. The molecule has 128 valence electrons. The van der Waals surface area contributed by atoms with Crippen molar-refractivity contribution in [2.45, 2.75) is 45.6 Å². The van der Waals surface area contributed by atoms with E-state index in [2.05, 4.69) is 23.7 Å². The number of aliphatic hydroxyl groups is 1. The highest BCUT2D eigenvalue weighted by Crippen LogP contribution is 2.28. The van der Waals surface area contributed by atoms with E-state index in [1.807, 2.05) is 0 Å². The summed E-state index contributed by atoms with van der Waals surface area (Å²) < 4.78 is 13.4. The highest BCUT2D eigenvalue weighted by molar-refractivity contribution is 6.31. The van der Waals surface area contributed by atoms with Gasteiger partial charge < -0.3 is 10.1 Å². The van der Waals surface area contributed by atoms with Crippen LogP contribution in [-0.2, 0) is 6.42 Å². The Kier molecular flexibility index (Phi) is 6.88. The second-order valence-corrected chi connectivity index (χ2v) is 6.46. The molecule has 23 heavy (non-hydrogen) atoms. The molecular weight excluding hydrogens is 315 g/mol. The topological polar surface area (TPSA) is 39.3 Å². The summed E-state index contributed by atoms with van der Waals surface area (Å²) in [5, 5.41) is 10.8. The van der Waals surface area contributed by atoms with Gasteiger partial charge in [-0.25, -0.2) is 4.39 Å². The first kappa shape index (κ1) is 18.2. The lowest BCUT2D eigenvalue weighted by atomic mass is 10.1. The van der Waals surface area contributed by atoms with Crippen molar-refractivity contribution in [1.82, 2.24) is 9.88 Å². The molecule has 2 aromatic rings. The second kappa shape index (κ2) is 8.67. The van der Waals surface area contributed by atoms with Gasteiger partial charge in [-0.05, 0) is 49.6 Å². The van der Waals surface area contributed by atoms with Gasteiger partial charge in [0.05, 0.1) is 6.61 Å². The molecule has 3 rings (SSSR count). The predicted molar refractivity (Wildman–Crippen MR) is 94.6 cm³/mol. The molecule has 0 amide bonds. The van der Waals surface area contributed by atoms with E-state index in [9.17, 15) is 9.50 Å². The van der Waals surface area contributed by atoms with Crippen molar-refractivity contribution < 1.29 is 9.50 Å². The zero-order valence-electron chi connectivity index (χ0n) is 13.9. The molecule has 0 bridgehead atoms. The molecule has 1 saturated heterocycles. The third-order valence-corrected chi connectivity index (χ3v) is 4.50. The van der Waals surface area contributed by atoms with Crippen molar-refractivity contribution in [1.29, 1.82) is 0 Å². The quantitative estimate of drug-likeness (QED) is 0.867. The van der Waals surface area contributed by atoms with E-state index < -0.39 is 0 Å². The lowest BCUT2D eigenvalue weighted by molar-refractivity contribution is 0.160. The van der Waals surface area contributed by atoms with Crippen molar-refractivity contribution in [2.75, 3.05) is 19.7 Å². The largest absolute Gasteiger partial charge is 0.395 e. The first-order valence-electron chi connectivity index (χ1n) is 8.41. The normalized spacial score (nSPS) is 18.2. The molecule has 0 radical (unpaired) electrons. The summed E-state index contributed by atoms with van der Waals surface area (Å²) in [6, 6.07) is 4.93. The number of hydrogen-bond acceptors (Lipinski definition) is 2. The van der Waals surface area contributed by atoms with Crippen molar-refractivity contribution in [3.05, 3.63) is 34.7 Å². The molecule has 1 unspecified atom stereocenters. The molecule has 0 saturated carbocycles. The van der Waals surface area contributed by atoms with E-state index in [4.69, 9.17) is 11.6 Å². The van der Waals surface area contributed by atoms with E-state index in [0.29, 0.717) is 5.15 Å². The number of nitrogens with one attached hydrogen (secondary N) is 1. The van der Waals surface area contributed by atoms with Crippen LogP contribution in [0.15, 0.2) is 18.2 Å². The molecule has 2 N–H and O–H groups in total. The fourth-order valence-electron chi connectivity index (χ4n) is 3.08. The minimum atomic E-state index is -0.246. The molecule has 1 aromatic heterocycles. The summed E-state index contributed by atoms with van der Waals surface area (Å²) in [5.41, 5.74) is 1.83. The smallest absolute Gasteiger partial charge is 0.123 e. The zero-order valence-corrected chi connectivity index (χ0v) is 14.7. The van der Waals surface area contributed by atoms with Crippen LogP contribution in [-0.4, -0.2) is 40.7 Å². The van der Waals surface area contributed by atoms with Gasteiger partial charge in [-0.3, -0.25) is 4.90 Å². The van der Waals surface area contributed by atoms with Crippen LogP contribution in [0.25, 0.3) is 10.9 Å². The van der Waals surface area contributed by atoms with Crippen LogP contribution in [0.5, 0.6) is 0 Å². The Bertz CT molecular complexity index is 629. The first-order chi connectivity index (χ1) is 11.1. The number of aliphatic hydroxyl groups excluding tert-OH is 1. The van der Waals surface area contributed by atoms with Crippen LogP contribution in [0.1, 0.15) is 38.7 Å². The minimum Gasteiger partial charge on any atom is -0.395 e. The number of rotatable bonds is 4. The zero-order chi connectivity index (χ0) is 16.8. The first-order valence-corrected chi connectivity index (χ1v) is 8.79. The minimum absolute atomic E-state index is 0.205. The SMILES string of the molecule is CCC.OCC1CCCN1CCc1c(Cl)[nH]c2ccc(F)cc12. The molecule has 1 atom stereocenters. The standard InChI is InChI=1S/C15H18ClFN2O.C3H8/c16-15-12(5-7-19-6-1-2-11(19)9-20)13-8-10(17)3-4-14(13)18-15;1-3-2/h3-4,8,11,18,20H,1-2,5-7,9H2;3H2,1-2H3. The molecule has 1 aromatic carbocycles. The number of H-pyrrole nitrogens is 1. The number of aromatic amines is 1. The van der Waals surface area contributed by atoms with Crippen LogP contribution < -0.4 is 0 Å². The maximum absolute atomic E-state index is 13.4. The maximum Gasteiger partial charge on any atom is 0.123 e. The third-order valence-electron chi connectivity index (χ3n) is 4.17. The van der Waals surface area contributed by atoms with Gasteiger partial charge in [0, 0.05) is 23.5 Å².